The number of aromatic nitrogens is 5. The van der Waals surface area contributed by atoms with Crippen LogP contribution in [0.4, 0.5) is 18.9 Å². The predicted octanol–water partition coefficient (Wildman–Crippen LogP) is 3.44. The quantitative estimate of drug-likeness (QED) is 0.400. The molecule has 0 amide bonds. The summed E-state index contributed by atoms with van der Waals surface area (Å²) in [7, 11) is 1.66. The molecular weight excluding hydrogens is 475 g/mol. The van der Waals surface area contributed by atoms with Crippen molar-refractivity contribution in [2.75, 3.05) is 31.1 Å². The maximum Gasteiger partial charge on any atom is 0.329 e. The highest BCUT2D eigenvalue weighted by atomic mass is 19.3. The van der Waals surface area contributed by atoms with Gasteiger partial charge in [0.25, 0.3) is 5.89 Å². The van der Waals surface area contributed by atoms with Crippen molar-refractivity contribution in [1.82, 2.24) is 29.2 Å². The molecule has 190 valence electrons. The molecular formula is C24H26F3N7O2. The lowest BCUT2D eigenvalue weighted by Crippen LogP contribution is -2.49. The van der Waals surface area contributed by atoms with Gasteiger partial charge in [0, 0.05) is 51.5 Å². The Morgan fingerprint density at radius 1 is 1.06 bits per heavy atom. The van der Waals surface area contributed by atoms with E-state index in [1.807, 2.05) is 4.90 Å². The van der Waals surface area contributed by atoms with Gasteiger partial charge < -0.3 is 9.32 Å². The maximum absolute atomic E-state index is 15.2. The van der Waals surface area contributed by atoms with E-state index >= 15 is 4.39 Å². The van der Waals surface area contributed by atoms with Gasteiger partial charge in [0.05, 0.1) is 34.5 Å². The van der Waals surface area contributed by atoms with E-state index in [4.69, 9.17) is 4.42 Å². The summed E-state index contributed by atoms with van der Waals surface area (Å²) in [5, 5.41) is 6.91. The first-order chi connectivity index (χ1) is 17.2. The molecule has 0 spiro atoms. The van der Waals surface area contributed by atoms with Crippen molar-refractivity contribution >= 4 is 16.7 Å². The van der Waals surface area contributed by atoms with E-state index in [9.17, 15) is 13.6 Å². The van der Waals surface area contributed by atoms with Crippen LogP contribution in [-0.2, 0) is 13.6 Å². The molecule has 0 saturated carbocycles. The Morgan fingerprint density at radius 2 is 1.81 bits per heavy atom. The second kappa shape index (κ2) is 9.41. The lowest BCUT2D eigenvalue weighted by molar-refractivity contribution is 0.116. The number of hydrogen-bond acceptors (Lipinski definition) is 7. The van der Waals surface area contributed by atoms with E-state index in [2.05, 4.69) is 33.9 Å². The molecule has 5 rings (SSSR count). The van der Waals surface area contributed by atoms with Crippen LogP contribution in [0.25, 0.3) is 22.5 Å². The Balaban J connectivity index is 1.41. The maximum atomic E-state index is 15.2. The second-order valence-corrected chi connectivity index (χ2v) is 9.12. The lowest BCUT2D eigenvalue weighted by atomic mass is 10.2. The minimum Gasteiger partial charge on any atom is -0.415 e. The zero-order valence-corrected chi connectivity index (χ0v) is 20.2. The molecule has 0 unspecified atom stereocenters. The number of nitrogens with zero attached hydrogens (tertiary/aromatic N) is 7. The van der Waals surface area contributed by atoms with Crippen molar-refractivity contribution < 1.29 is 17.6 Å². The molecule has 0 aliphatic carbocycles. The van der Waals surface area contributed by atoms with Crippen LogP contribution in [0.15, 0.2) is 39.7 Å². The SMILES string of the molecule is CC(C)N1CCN(c2cc3c(cc2F)n(Cc2ccc(-c4nnc(C(F)F)o4)cn2)c(=O)n3C)CC1. The van der Waals surface area contributed by atoms with Gasteiger partial charge in [-0.3, -0.25) is 19.0 Å². The van der Waals surface area contributed by atoms with Gasteiger partial charge in [0.2, 0.25) is 5.89 Å². The van der Waals surface area contributed by atoms with Crippen molar-refractivity contribution in [2.24, 2.45) is 7.05 Å². The normalized spacial score (nSPS) is 15.1. The summed E-state index contributed by atoms with van der Waals surface area (Å²) in [6, 6.07) is 6.81. The average Bonchev–Trinajstić information content (AvgIpc) is 3.45. The molecule has 0 radical (unpaired) electrons. The first kappa shape index (κ1) is 24.0. The number of benzene rings is 1. The number of aryl methyl sites for hydroxylation is 1. The largest absolute Gasteiger partial charge is 0.415 e. The Kier molecular flexibility index (Phi) is 6.29. The number of imidazole rings is 1. The van der Waals surface area contributed by atoms with Crippen LogP contribution in [-0.4, -0.2) is 61.4 Å². The number of anilines is 1. The van der Waals surface area contributed by atoms with E-state index in [1.54, 1.807) is 25.2 Å². The third kappa shape index (κ3) is 4.36. The molecule has 0 bridgehead atoms. The first-order valence-electron chi connectivity index (χ1n) is 11.7. The molecule has 4 aromatic rings. The molecule has 3 aromatic heterocycles. The number of piperazine rings is 1. The second-order valence-electron chi connectivity index (χ2n) is 9.12. The summed E-state index contributed by atoms with van der Waals surface area (Å²) in [6.45, 7) is 7.53. The van der Waals surface area contributed by atoms with Crippen molar-refractivity contribution in [3.63, 3.8) is 0 Å². The molecule has 36 heavy (non-hydrogen) atoms. The topological polar surface area (TPSA) is 85.2 Å². The minimum absolute atomic E-state index is 0.0736. The molecule has 0 N–H and O–H groups in total. The standard InChI is InChI=1S/C24H26F3N7O2/c1-14(2)32-6-8-33(9-7-32)18-11-19-20(10-17(18)25)34(24(35)31(19)3)13-16-5-4-15(12-28-16)22-29-30-23(36-22)21(26)27/h4-5,10-12,14,21H,6-9,13H2,1-3H3. The smallest absolute Gasteiger partial charge is 0.329 e. The molecule has 1 saturated heterocycles. The molecule has 1 aromatic carbocycles. The summed E-state index contributed by atoms with van der Waals surface area (Å²) >= 11 is 0. The molecule has 1 fully saturated rings. The van der Waals surface area contributed by atoms with E-state index in [1.165, 1.54) is 21.4 Å². The zero-order valence-electron chi connectivity index (χ0n) is 20.2. The van der Waals surface area contributed by atoms with E-state index in [-0.39, 0.29) is 23.9 Å². The van der Waals surface area contributed by atoms with Gasteiger partial charge >= 0.3 is 12.1 Å². The van der Waals surface area contributed by atoms with Crippen LogP contribution >= 0.6 is 0 Å². The highest BCUT2D eigenvalue weighted by molar-refractivity contribution is 5.81. The van der Waals surface area contributed by atoms with Crippen molar-refractivity contribution in [2.45, 2.75) is 32.9 Å². The highest BCUT2D eigenvalue weighted by Crippen LogP contribution is 2.28. The molecule has 1 aliphatic rings. The average molecular weight is 502 g/mol. The third-order valence-corrected chi connectivity index (χ3v) is 6.62. The first-order valence-corrected chi connectivity index (χ1v) is 11.7. The fraction of sp³-hybridized carbons (Fsp3) is 0.417. The monoisotopic (exact) mass is 501 g/mol. The zero-order chi connectivity index (χ0) is 25.6. The summed E-state index contributed by atoms with van der Waals surface area (Å²) in [5.41, 5.74) is 2.19. The van der Waals surface area contributed by atoms with Crippen molar-refractivity contribution in [1.29, 1.82) is 0 Å². The van der Waals surface area contributed by atoms with Crippen LogP contribution in [0, 0.1) is 5.82 Å². The van der Waals surface area contributed by atoms with Gasteiger partial charge in [-0.25, -0.2) is 9.18 Å². The Labute approximate surface area is 204 Å². The van der Waals surface area contributed by atoms with E-state index < -0.39 is 12.3 Å². The third-order valence-electron chi connectivity index (χ3n) is 6.62. The number of halogens is 3. The fourth-order valence-corrected chi connectivity index (χ4v) is 4.53. The Bertz CT molecular complexity index is 1430. The number of rotatable bonds is 6. The van der Waals surface area contributed by atoms with Gasteiger partial charge in [-0.15, -0.1) is 10.2 Å². The van der Waals surface area contributed by atoms with Crippen LogP contribution in [0.3, 0.4) is 0 Å². The Hall–Kier alpha value is -3.67. The summed E-state index contributed by atoms with van der Waals surface area (Å²) in [6.07, 6.45) is -1.45. The van der Waals surface area contributed by atoms with Gasteiger partial charge in [-0.1, -0.05) is 0 Å². The van der Waals surface area contributed by atoms with Gasteiger partial charge in [0.15, 0.2) is 0 Å². The number of alkyl halides is 2. The molecule has 0 atom stereocenters. The van der Waals surface area contributed by atoms with Crippen molar-refractivity contribution in [3.05, 3.63) is 58.3 Å². The van der Waals surface area contributed by atoms with Gasteiger partial charge in [-0.2, -0.15) is 8.78 Å². The fourth-order valence-electron chi connectivity index (χ4n) is 4.53. The summed E-state index contributed by atoms with van der Waals surface area (Å²) in [5.74, 6) is -1.22. The summed E-state index contributed by atoms with van der Waals surface area (Å²) < 4.78 is 48.5. The van der Waals surface area contributed by atoms with Gasteiger partial charge in [-0.05, 0) is 32.0 Å². The number of hydrogen-bond donors (Lipinski definition) is 0. The van der Waals surface area contributed by atoms with Crippen LogP contribution in [0.5, 0.6) is 0 Å². The number of fused-ring (bicyclic) bond motifs is 1. The van der Waals surface area contributed by atoms with E-state index in [0.29, 0.717) is 47.1 Å². The highest BCUT2D eigenvalue weighted by Gasteiger charge is 2.23. The van der Waals surface area contributed by atoms with Crippen LogP contribution in [0.1, 0.15) is 31.9 Å². The minimum atomic E-state index is -2.86. The molecule has 12 heteroatoms. The lowest BCUT2D eigenvalue weighted by Gasteiger charge is -2.38. The molecule has 9 nitrogen and oxygen atoms in total. The van der Waals surface area contributed by atoms with E-state index in [0.717, 1.165) is 13.1 Å². The number of pyridine rings is 1. The van der Waals surface area contributed by atoms with Crippen molar-refractivity contribution in [3.8, 4) is 11.5 Å². The van der Waals surface area contributed by atoms with Crippen LogP contribution < -0.4 is 10.6 Å². The van der Waals surface area contributed by atoms with Gasteiger partial charge in [0.1, 0.15) is 5.82 Å². The predicted molar refractivity (Wildman–Crippen MR) is 128 cm³/mol. The summed E-state index contributed by atoms with van der Waals surface area (Å²) in [4.78, 5) is 21.7. The molecule has 1 aliphatic heterocycles. The van der Waals surface area contributed by atoms with Crippen LogP contribution in [0.2, 0.25) is 0 Å². The Morgan fingerprint density at radius 3 is 2.42 bits per heavy atom. The molecule has 4 heterocycles.